The molecule has 70 valence electrons. The van der Waals surface area contributed by atoms with Gasteiger partial charge in [-0.15, -0.1) is 24.7 Å². The van der Waals surface area contributed by atoms with E-state index in [0.29, 0.717) is 0 Å². The molecule has 0 aromatic heterocycles. The van der Waals surface area contributed by atoms with Crippen LogP contribution in [0, 0.1) is 24.7 Å². The second kappa shape index (κ2) is 5.15. The summed E-state index contributed by atoms with van der Waals surface area (Å²) in [4.78, 5) is 0. The summed E-state index contributed by atoms with van der Waals surface area (Å²) in [6, 6.07) is 4.78. The molecule has 0 unspecified atom stereocenters. The van der Waals surface area contributed by atoms with Gasteiger partial charge in [-0.2, -0.15) is 0 Å². The van der Waals surface area contributed by atoms with Crippen LogP contribution in [0.4, 0.5) is 0 Å². The van der Waals surface area contributed by atoms with Crippen molar-refractivity contribution in [2.24, 2.45) is 0 Å². The second-order valence-electron chi connectivity index (χ2n) is 4.18. The zero-order valence-corrected chi connectivity index (χ0v) is 9.31. The van der Waals surface area contributed by atoms with Crippen molar-refractivity contribution in [2.45, 2.75) is 49.9 Å². The van der Waals surface area contributed by atoms with Crippen LogP contribution in [0.1, 0.15) is 25.7 Å². The Morgan fingerprint density at radius 3 is 1.69 bits per heavy atom. The third-order valence-corrected chi connectivity index (χ3v) is 7.86. The third-order valence-electron chi connectivity index (χ3n) is 3.12. The Bertz CT molecular complexity index is 202. The van der Waals surface area contributed by atoms with Gasteiger partial charge >= 0.3 is 0 Å². The minimum atomic E-state index is -1.21. The standard InChI is InChI=1S/C12H18Si/c1-3-9-13(10-4-2)11-7-5-6-8-12-13/h1-2H,5-12H2. The van der Waals surface area contributed by atoms with Crippen LogP contribution in [-0.2, 0) is 0 Å². The molecule has 0 saturated carbocycles. The van der Waals surface area contributed by atoms with Gasteiger partial charge < -0.3 is 0 Å². The van der Waals surface area contributed by atoms with Gasteiger partial charge in [0.15, 0.2) is 0 Å². The van der Waals surface area contributed by atoms with Crippen LogP contribution in [0.15, 0.2) is 0 Å². The summed E-state index contributed by atoms with van der Waals surface area (Å²) in [7, 11) is -1.21. The Morgan fingerprint density at radius 2 is 1.31 bits per heavy atom. The first-order valence-corrected chi connectivity index (χ1v) is 8.03. The lowest BCUT2D eigenvalue weighted by atomic mass is 10.2. The summed E-state index contributed by atoms with van der Waals surface area (Å²) < 4.78 is 0. The molecule has 1 rings (SSSR count). The van der Waals surface area contributed by atoms with Crippen molar-refractivity contribution < 1.29 is 0 Å². The average Bonchev–Trinajstić information content (AvgIpc) is 2.32. The summed E-state index contributed by atoms with van der Waals surface area (Å²) in [5.41, 5.74) is 0. The fourth-order valence-electron chi connectivity index (χ4n) is 2.33. The van der Waals surface area contributed by atoms with Gasteiger partial charge in [-0.05, 0) is 0 Å². The van der Waals surface area contributed by atoms with E-state index in [-0.39, 0.29) is 0 Å². The van der Waals surface area contributed by atoms with Crippen LogP contribution in [-0.4, -0.2) is 8.07 Å². The maximum atomic E-state index is 5.44. The van der Waals surface area contributed by atoms with E-state index in [9.17, 15) is 0 Å². The minimum Gasteiger partial charge on any atom is -0.120 e. The first kappa shape index (κ1) is 10.4. The molecule has 1 aliphatic rings. The molecule has 0 bridgehead atoms. The van der Waals surface area contributed by atoms with Crippen molar-refractivity contribution in [1.29, 1.82) is 0 Å². The lowest BCUT2D eigenvalue weighted by Crippen LogP contribution is -2.31. The molecule has 1 saturated heterocycles. The molecule has 1 aliphatic heterocycles. The molecule has 0 radical (unpaired) electrons. The van der Waals surface area contributed by atoms with Gasteiger partial charge in [-0.3, -0.25) is 0 Å². The number of hydrogen-bond acceptors (Lipinski definition) is 0. The van der Waals surface area contributed by atoms with Crippen molar-refractivity contribution in [3.05, 3.63) is 0 Å². The zero-order valence-electron chi connectivity index (χ0n) is 8.31. The summed E-state index contributed by atoms with van der Waals surface area (Å²) in [5, 5.41) is 0. The zero-order chi connectivity index (χ0) is 9.57. The van der Waals surface area contributed by atoms with E-state index in [1.54, 1.807) is 0 Å². The Kier molecular flexibility index (Phi) is 4.13. The van der Waals surface area contributed by atoms with Crippen LogP contribution in [0.25, 0.3) is 0 Å². The Morgan fingerprint density at radius 1 is 0.846 bits per heavy atom. The summed E-state index contributed by atoms with van der Waals surface area (Å²) >= 11 is 0. The monoisotopic (exact) mass is 190 g/mol. The van der Waals surface area contributed by atoms with Crippen LogP contribution in [0.3, 0.4) is 0 Å². The first-order chi connectivity index (χ1) is 6.33. The van der Waals surface area contributed by atoms with E-state index < -0.39 is 8.07 Å². The van der Waals surface area contributed by atoms with E-state index in [4.69, 9.17) is 12.8 Å². The molecule has 0 N–H and O–H groups in total. The van der Waals surface area contributed by atoms with Crippen molar-refractivity contribution >= 4 is 8.07 Å². The van der Waals surface area contributed by atoms with Gasteiger partial charge in [0.05, 0.1) is 8.07 Å². The van der Waals surface area contributed by atoms with Gasteiger partial charge in [0, 0.05) is 12.1 Å². The molecule has 1 heteroatoms. The van der Waals surface area contributed by atoms with E-state index >= 15 is 0 Å². The SMILES string of the molecule is C#CC[Si]1(CC#C)CCCCCC1. The van der Waals surface area contributed by atoms with Crippen molar-refractivity contribution in [3.8, 4) is 24.7 Å². The summed E-state index contributed by atoms with van der Waals surface area (Å²) in [5.74, 6) is 5.71. The molecular formula is C12H18Si. The number of terminal acetylenes is 2. The molecule has 1 fully saturated rings. The molecule has 1 heterocycles. The molecule has 0 amide bonds. The molecule has 13 heavy (non-hydrogen) atoms. The second-order valence-corrected chi connectivity index (χ2v) is 8.88. The molecule has 0 atom stereocenters. The lowest BCUT2D eigenvalue weighted by Gasteiger charge is -2.25. The predicted molar refractivity (Wildman–Crippen MR) is 61.1 cm³/mol. The van der Waals surface area contributed by atoms with E-state index in [1.165, 1.54) is 37.8 Å². The highest BCUT2D eigenvalue weighted by Crippen LogP contribution is 2.33. The normalized spacial score (nSPS) is 21.1. The topological polar surface area (TPSA) is 0 Å². The molecular weight excluding hydrogens is 172 g/mol. The highest BCUT2D eigenvalue weighted by Gasteiger charge is 2.31. The summed E-state index contributed by atoms with van der Waals surface area (Å²) in [6.07, 6.45) is 16.4. The fourth-order valence-corrected chi connectivity index (χ4v) is 6.28. The molecule has 0 aromatic carbocycles. The maximum absolute atomic E-state index is 5.44. The van der Waals surface area contributed by atoms with E-state index in [2.05, 4.69) is 11.8 Å². The van der Waals surface area contributed by atoms with Gasteiger partial charge in [0.25, 0.3) is 0 Å². The number of hydrogen-bond donors (Lipinski definition) is 0. The Balaban J connectivity index is 2.63. The summed E-state index contributed by atoms with van der Waals surface area (Å²) in [6.45, 7) is 0. The van der Waals surface area contributed by atoms with Gasteiger partial charge in [0.2, 0.25) is 0 Å². The predicted octanol–water partition coefficient (Wildman–Crippen LogP) is 3.28. The first-order valence-electron chi connectivity index (χ1n) is 5.20. The van der Waals surface area contributed by atoms with Crippen molar-refractivity contribution in [2.75, 3.05) is 0 Å². The minimum absolute atomic E-state index is 1.01. The van der Waals surface area contributed by atoms with Crippen LogP contribution >= 0.6 is 0 Å². The highest BCUT2D eigenvalue weighted by molar-refractivity contribution is 6.81. The van der Waals surface area contributed by atoms with Crippen LogP contribution in [0.5, 0.6) is 0 Å². The van der Waals surface area contributed by atoms with Crippen molar-refractivity contribution in [3.63, 3.8) is 0 Å². The quantitative estimate of drug-likeness (QED) is 0.463. The van der Waals surface area contributed by atoms with Gasteiger partial charge in [-0.1, -0.05) is 37.8 Å². The van der Waals surface area contributed by atoms with E-state index in [1.807, 2.05) is 0 Å². The lowest BCUT2D eigenvalue weighted by molar-refractivity contribution is 0.720. The fraction of sp³-hybridized carbons (Fsp3) is 0.667. The van der Waals surface area contributed by atoms with E-state index in [0.717, 1.165) is 12.1 Å². The van der Waals surface area contributed by atoms with Gasteiger partial charge in [-0.25, -0.2) is 0 Å². The van der Waals surface area contributed by atoms with Crippen LogP contribution in [0.2, 0.25) is 24.2 Å². The molecule has 0 aliphatic carbocycles. The average molecular weight is 190 g/mol. The van der Waals surface area contributed by atoms with Gasteiger partial charge in [0.1, 0.15) is 0 Å². The Labute approximate surface area is 83.1 Å². The third kappa shape index (κ3) is 2.94. The molecule has 0 spiro atoms. The molecule has 0 nitrogen and oxygen atoms in total. The van der Waals surface area contributed by atoms with Crippen LogP contribution < -0.4 is 0 Å². The molecule has 0 aromatic rings. The smallest absolute Gasteiger partial charge is 0.0789 e. The van der Waals surface area contributed by atoms with Crippen molar-refractivity contribution in [1.82, 2.24) is 0 Å². The highest BCUT2D eigenvalue weighted by atomic mass is 28.3. The Hall–Kier alpha value is -0.663. The maximum Gasteiger partial charge on any atom is 0.0789 e. The number of rotatable bonds is 2. The largest absolute Gasteiger partial charge is 0.120 e.